The second-order valence-corrected chi connectivity index (χ2v) is 3.66. The van der Waals surface area contributed by atoms with E-state index in [0.717, 1.165) is 13.2 Å². The Labute approximate surface area is 232 Å². The summed E-state index contributed by atoms with van der Waals surface area (Å²) < 4.78 is 13.9. The Balaban J connectivity index is -0.0000000533. The van der Waals surface area contributed by atoms with Gasteiger partial charge < -0.3 is 24.0 Å². The van der Waals surface area contributed by atoms with Crippen molar-refractivity contribution in [2.45, 2.75) is 39.5 Å². The van der Waals surface area contributed by atoms with Crippen LogP contribution in [0.2, 0.25) is 0 Å². The molecule has 17 heavy (non-hydrogen) atoms. The van der Waals surface area contributed by atoms with Crippen LogP contribution in [-0.2, 0) is 9.30 Å². The molecule has 0 aromatic rings. The van der Waals surface area contributed by atoms with Gasteiger partial charge in [-0.05, 0) is 12.8 Å². The summed E-state index contributed by atoms with van der Waals surface area (Å²) in [6, 6.07) is 0. The second-order valence-electron chi connectivity index (χ2n) is 2.77. The largest absolute Gasteiger partial charge is 1.00 e. The van der Waals surface area contributed by atoms with E-state index in [1.807, 2.05) is 0 Å². The molecule has 0 atom stereocenters. The van der Waals surface area contributed by atoms with Crippen molar-refractivity contribution < 1.29 is 178 Å². The van der Waals surface area contributed by atoms with Gasteiger partial charge in [-0.2, -0.15) is 7.82 Å². The molecule has 0 saturated carbocycles. The minimum absolute atomic E-state index is 0. The maximum atomic E-state index is 8.55. The molecule has 88 valence electrons. The predicted molar refractivity (Wildman–Crippen MR) is 48.2 cm³/mol. The Hall–Kier alpha value is 4.98. The van der Waals surface area contributed by atoms with Crippen LogP contribution in [0.1, 0.15) is 39.5 Å². The maximum Gasteiger partial charge on any atom is 1.00 e. The smallest absolute Gasteiger partial charge is 0.822 e. The molecule has 0 radical (unpaired) electrons. The molecule has 0 aliphatic carbocycles. The summed E-state index contributed by atoms with van der Waals surface area (Å²) in [7, 11) is -5.39. The molecular weight excluding hydrogens is 324 g/mol. The molecule has 9 heteroatoms. The van der Waals surface area contributed by atoms with Crippen LogP contribution in [0.3, 0.4) is 0 Å². The number of phosphoric acid groups is 1. The van der Waals surface area contributed by atoms with E-state index in [4.69, 9.17) is 24.0 Å². The number of hydrogen-bond acceptors (Lipinski definition) is 5. The van der Waals surface area contributed by atoms with Crippen LogP contribution >= 0.6 is 7.82 Å². The van der Waals surface area contributed by atoms with Crippen LogP contribution in [0.4, 0.5) is 0 Å². The molecule has 0 N–H and O–H groups in total. The number of unbranched alkanes of at least 4 members (excludes halogenated alkanes) is 2. The van der Waals surface area contributed by atoms with Gasteiger partial charge in [-0.1, -0.05) is 26.7 Å². The van der Waals surface area contributed by atoms with E-state index in [-0.39, 0.29) is 154 Å². The van der Waals surface area contributed by atoms with Crippen molar-refractivity contribution in [3.63, 3.8) is 0 Å². The fourth-order valence-electron chi connectivity index (χ4n) is 0.595. The minimum Gasteiger partial charge on any atom is -0.822 e. The van der Waals surface area contributed by atoms with Crippen molar-refractivity contribution in [2.24, 2.45) is 0 Å². The van der Waals surface area contributed by atoms with Crippen LogP contribution in [0.25, 0.3) is 0 Å². The van der Waals surface area contributed by atoms with Gasteiger partial charge in [0.1, 0.15) is 0 Å². The first-order chi connectivity index (χ1) is 6.41. The van der Waals surface area contributed by atoms with Crippen molar-refractivity contribution in [1.82, 2.24) is 0 Å². The summed E-state index contributed by atoms with van der Waals surface area (Å²) in [4.78, 5) is 25.6. The number of ether oxygens (including phenoxy) is 1. The summed E-state index contributed by atoms with van der Waals surface area (Å²) in [6.45, 7) is 6.28. The van der Waals surface area contributed by atoms with Crippen molar-refractivity contribution >= 4 is 7.82 Å². The van der Waals surface area contributed by atoms with Crippen molar-refractivity contribution in [1.29, 1.82) is 0 Å². The summed E-state index contributed by atoms with van der Waals surface area (Å²) >= 11 is 0. The Bertz CT molecular complexity index is 142. The van der Waals surface area contributed by atoms with Crippen molar-refractivity contribution in [3.05, 3.63) is 0 Å². The molecule has 0 unspecified atom stereocenters. The van der Waals surface area contributed by atoms with E-state index in [9.17, 15) is 0 Å². The average Bonchev–Trinajstić information content (AvgIpc) is 2.01. The molecule has 0 bridgehead atoms. The van der Waals surface area contributed by atoms with Gasteiger partial charge in [0.2, 0.25) is 0 Å². The first kappa shape index (κ1) is 33.6. The van der Waals surface area contributed by atoms with E-state index in [0.29, 0.717) is 0 Å². The summed E-state index contributed by atoms with van der Waals surface area (Å²) in [6.07, 6.45) is 4.91. The number of rotatable bonds is 6. The van der Waals surface area contributed by atoms with Crippen LogP contribution in [-0.4, -0.2) is 13.2 Å². The molecule has 0 heterocycles. The molecule has 0 fully saturated rings. The van der Waals surface area contributed by atoms with Gasteiger partial charge in [0.15, 0.2) is 0 Å². The van der Waals surface area contributed by atoms with Gasteiger partial charge in [0.05, 0.1) is 0 Å². The normalized spacial score (nSPS) is 8.76. The molecular formula is C8H18K3O5P. The summed E-state index contributed by atoms with van der Waals surface area (Å²) in [5.41, 5.74) is 0. The molecule has 0 rings (SSSR count). The van der Waals surface area contributed by atoms with Gasteiger partial charge in [0.25, 0.3) is 0 Å². The molecule has 0 aliphatic rings. The van der Waals surface area contributed by atoms with Crippen LogP contribution in [0, 0.1) is 0 Å². The predicted octanol–water partition coefficient (Wildman–Crippen LogP) is -9.21. The maximum absolute atomic E-state index is 8.55. The van der Waals surface area contributed by atoms with Gasteiger partial charge >= 0.3 is 154 Å². The first-order valence-corrected chi connectivity index (χ1v) is 6.18. The standard InChI is InChI=1S/C8H18O.3K.H3O4P/c1-3-5-7-9-8-6-4-2;;;;1-5(2,3)4/h3-8H2,1-2H3;;;;(H3,1,2,3,4)/q;3*+1;/p-3. The van der Waals surface area contributed by atoms with Gasteiger partial charge in [-0.3, -0.25) is 0 Å². The Morgan fingerprint density at radius 2 is 1.12 bits per heavy atom. The fraction of sp³-hybridized carbons (Fsp3) is 1.00. The van der Waals surface area contributed by atoms with E-state index in [1.54, 1.807) is 0 Å². The summed E-state index contributed by atoms with van der Waals surface area (Å²) in [5, 5.41) is 0. The molecule has 0 aromatic carbocycles. The Morgan fingerprint density at radius 3 is 1.29 bits per heavy atom. The molecule has 0 aliphatic heterocycles. The van der Waals surface area contributed by atoms with Gasteiger partial charge in [-0.15, -0.1) is 0 Å². The SMILES string of the molecule is CCCCOCCCC.O=P([O-])([O-])[O-].[K+].[K+].[K+]. The third kappa shape index (κ3) is 62.7. The van der Waals surface area contributed by atoms with E-state index < -0.39 is 7.82 Å². The molecule has 0 spiro atoms. The monoisotopic (exact) mass is 342 g/mol. The third-order valence-electron chi connectivity index (χ3n) is 1.28. The molecule has 5 nitrogen and oxygen atoms in total. The zero-order chi connectivity index (χ0) is 11.4. The van der Waals surface area contributed by atoms with Crippen LogP contribution < -0.4 is 169 Å². The van der Waals surface area contributed by atoms with Gasteiger partial charge in [0, 0.05) is 13.2 Å². The number of hydrogen-bond donors (Lipinski definition) is 0. The molecule has 0 aromatic heterocycles. The van der Waals surface area contributed by atoms with E-state index in [1.165, 1.54) is 25.7 Å². The topological polar surface area (TPSA) is 95.5 Å². The second kappa shape index (κ2) is 25.9. The van der Waals surface area contributed by atoms with E-state index >= 15 is 0 Å². The minimum atomic E-state index is -5.39. The van der Waals surface area contributed by atoms with Crippen molar-refractivity contribution in [2.75, 3.05) is 13.2 Å². The zero-order valence-electron chi connectivity index (χ0n) is 11.7. The van der Waals surface area contributed by atoms with Crippen LogP contribution in [0.5, 0.6) is 0 Å². The molecule has 0 saturated heterocycles. The quantitative estimate of drug-likeness (QED) is 0.271. The van der Waals surface area contributed by atoms with Crippen molar-refractivity contribution in [3.8, 4) is 0 Å². The summed E-state index contributed by atoms with van der Waals surface area (Å²) in [5.74, 6) is 0. The third-order valence-corrected chi connectivity index (χ3v) is 1.28. The zero-order valence-corrected chi connectivity index (χ0v) is 22.0. The van der Waals surface area contributed by atoms with Gasteiger partial charge in [-0.25, -0.2) is 0 Å². The fourth-order valence-corrected chi connectivity index (χ4v) is 0.595. The van der Waals surface area contributed by atoms with Crippen LogP contribution in [0.15, 0.2) is 0 Å². The Morgan fingerprint density at radius 1 is 0.882 bits per heavy atom. The average molecular weight is 342 g/mol. The van der Waals surface area contributed by atoms with E-state index in [2.05, 4.69) is 13.8 Å². The first-order valence-electron chi connectivity index (χ1n) is 4.72. The molecule has 0 amide bonds. The Kier molecular flexibility index (Phi) is 51.1.